The van der Waals surface area contributed by atoms with Gasteiger partial charge in [-0.05, 0) is 56.1 Å². The molecule has 0 amide bonds. The summed E-state index contributed by atoms with van der Waals surface area (Å²) in [5.74, 6) is 3.06. The zero-order chi connectivity index (χ0) is 24.9. The molecular formula is C26H30F3N7. The standard InChI is InChI=1S/C26H30F3N7/c1-16-11-22(31-15-30-16)35-13-18-8-9-19(14-35)23(18)32-25-33-24-21(7-2-3-10-36(24)34-25)17-5-4-6-20(12-17)26(27,28)29/h4-6,11-12,15,18-19,21,23H,2-3,7-10,13-14H2,1H3,(H,32,34)/t18-,19+,21?,23-. The van der Waals surface area contributed by atoms with Gasteiger partial charge >= 0.3 is 6.18 Å². The zero-order valence-corrected chi connectivity index (χ0v) is 20.2. The van der Waals surface area contributed by atoms with Gasteiger partial charge in [-0.1, -0.05) is 24.6 Å². The van der Waals surface area contributed by atoms with Crippen molar-refractivity contribution in [3.05, 3.63) is 59.3 Å². The summed E-state index contributed by atoms with van der Waals surface area (Å²) < 4.78 is 42.0. The second kappa shape index (κ2) is 9.05. The summed E-state index contributed by atoms with van der Waals surface area (Å²) in [6, 6.07) is 7.99. The second-order valence-electron chi connectivity index (χ2n) is 10.4. The Morgan fingerprint density at radius 3 is 2.56 bits per heavy atom. The van der Waals surface area contributed by atoms with Crippen LogP contribution in [-0.4, -0.2) is 43.9 Å². The molecule has 1 aromatic carbocycles. The molecule has 1 unspecified atom stereocenters. The Kier molecular flexibility index (Phi) is 5.84. The molecule has 2 aliphatic heterocycles. The van der Waals surface area contributed by atoms with Gasteiger partial charge in [0.25, 0.3) is 0 Å². The van der Waals surface area contributed by atoms with Gasteiger partial charge in [0.2, 0.25) is 5.95 Å². The average molecular weight is 498 g/mol. The third-order valence-corrected chi connectivity index (χ3v) is 7.98. The first-order chi connectivity index (χ1) is 17.3. The largest absolute Gasteiger partial charge is 0.416 e. The number of halogens is 3. The number of piperidine rings is 1. The van der Waals surface area contributed by atoms with Gasteiger partial charge in [-0.3, -0.25) is 0 Å². The minimum Gasteiger partial charge on any atom is -0.356 e. The highest BCUT2D eigenvalue weighted by Gasteiger charge is 2.43. The van der Waals surface area contributed by atoms with Crippen molar-refractivity contribution in [1.82, 2.24) is 24.7 Å². The first-order valence-corrected chi connectivity index (χ1v) is 12.8. The molecule has 1 saturated heterocycles. The highest BCUT2D eigenvalue weighted by molar-refractivity contribution is 5.42. The van der Waals surface area contributed by atoms with Crippen molar-refractivity contribution in [3.8, 4) is 0 Å². The number of benzene rings is 1. The van der Waals surface area contributed by atoms with Crippen LogP contribution in [0.4, 0.5) is 24.9 Å². The van der Waals surface area contributed by atoms with Crippen LogP contribution in [0.3, 0.4) is 0 Å². The number of alkyl halides is 3. The molecule has 4 heterocycles. The molecule has 0 spiro atoms. The van der Waals surface area contributed by atoms with E-state index in [1.807, 2.05) is 17.7 Å². The molecule has 3 aliphatic rings. The topological polar surface area (TPSA) is 71.8 Å². The van der Waals surface area contributed by atoms with E-state index in [-0.39, 0.29) is 12.0 Å². The van der Waals surface area contributed by atoms with Crippen molar-refractivity contribution in [1.29, 1.82) is 0 Å². The van der Waals surface area contributed by atoms with Gasteiger partial charge in [-0.25, -0.2) is 14.6 Å². The molecule has 1 aliphatic carbocycles. The van der Waals surface area contributed by atoms with E-state index in [0.717, 1.165) is 75.1 Å². The normalized spacial score (nSPS) is 25.9. The van der Waals surface area contributed by atoms with E-state index in [9.17, 15) is 13.2 Å². The Morgan fingerprint density at radius 1 is 1.00 bits per heavy atom. The first-order valence-electron chi connectivity index (χ1n) is 12.8. The van der Waals surface area contributed by atoms with Crippen molar-refractivity contribution < 1.29 is 13.2 Å². The van der Waals surface area contributed by atoms with Gasteiger partial charge in [0, 0.05) is 43.4 Å². The predicted molar refractivity (Wildman–Crippen MR) is 130 cm³/mol. The Morgan fingerprint density at radius 2 is 1.81 bits per heavy atom. The van der Waals surface area contributed by atoms with E-state index >= 15 is 0 Å². The van der Waals surface area contributed by atoms with Crippen molar-refractivity contribution in [2.24, 2.45) is 11.8 Å². The van der Waals surface area contributed by atoms with Gasteiger partial charge in [0.05, 0.1) is 5.56 Å². The third kappa shape index (κ3) is 4.41. The minimum atomic E-state index is -4.36. The minimum absolute atomic E-state index is 0.197. The fraction of sp³-hybridized carbons (Fsp3) is 0.538. The molecule has 7 nitrogen and oxygen atoms in total. The number of aryl methyl sites for hydroxylation is 2. The number of rotatable bonds is 4. The van der Waals surface area contributed by atoms with Gasteiger partial charge in [0.15, 0.2) is 0 Å². The monoisotopic (exact) mass is 497 g/mol. The highest BCUT2D eigenvalue weighted by Crippen LogP contribution is 2.40. The smallest absolute Gasteiger partial charge is 0.356 e. The Bertz CT molecular complexity index is 1230. The van der Waals surface area contributed by atoms with Crippen LogP contribution in [0.2, 0.25) is 0 Å². The SMILES string of the molecule is Cc1cc(N2C[C@H]3CC[C@@H](C2)[C@@H]3Nc2nc3n(n2)CCCCC3c2cccc(C(F)(F)F)c2)ncn1. The Labute approximate surface area is 208 Å². The zero-order valence-electron chi connectivity index (χ0n) is 20.2. The quantitative estimate of drug-likeness (QED) is 0.545. The third-order valence-electron chi connectivity index (χ3n) is 7.98. The van der Waals surface area contributed by atoms with Crippen LogP contribution in [0.15, 0.2) is 36.7 Å². The molecule has 10 heteroatoms. The number of nitrogens with zero attached hydrogens (tertiary/aromatic N) is 6. The maximum absolute atomic E-state index is 13.4. The fourth-order valence-electron chi connectivity index (χ4n) is 6.23. The Hall–Kier alpha value is -3.17. The number of hydrogen-bond donors (Lipinski definition) is 1. The molecule has 2 bridgehead atoms. The molecule has 2 fully saturated rings. The summed E-state index contributed by atoms with van der Waals surface area (Å²) in [7, 11) is 0. The number of anilines is 2. The van der Waals surface area contributed by atoms with Gasteiger partial charge < -0.3 is 10.2 Å². The maximum Gasteiger partial charge on any atom is 0.416 e. The lowest BCUT2D eigenvalue weighted by molar-refractivity contribution is -0.137. The van der Waals surface area contributed by atoms with Crippen LogP contribution < -0.4 is 10.2 Å². The van der Waals surface area contributed by atoms with Crippen molar-refractivity contribution in [3.63, 3.8) is 0 Å². The van der Waals surface area contributed by atoms with Gasteiger partial charge in [0.1, 0.15) is 18.0 Å². The fourth-order valence-corrected chi connectivity index (χ4v) is 6.23. The predicted octanol–water partition coefficient (Wildman–Crippen LogP) is 5.04. The molecule has 2 aromatic heterocycles. The number of fused-ring (bicyclic) bond motifs is 3. The number of nitrogens with one attached hydrogen (secondary N) is 1. The molecule has 1 saturated carbocycles. The molecule has 3 aromatic rings. The van der Waals surface area contributed by atoms with E-state index in [4.69, 9.17) is 10.1 Å². The first kappa shape index (κ1) is 23.2. The number of hydrogen-bond acceptors (Lipinski definition) is 6. The van der Waals surface area contributed by atoms with Crippen LogP contribution in [0.1, 0.15) is 60.7 Å². The maximum atomic E-state index is 13.4. The number of aromatic nitrogens is 5. The summed E-state index contributed by atoms with van der Waals surface area (Å²) >= 11 is 0. The van der Waals surface area contributed by atoms with Gasteiger partial charge in [-0.2, -0.15) is 18.2 Å². The van der Waals surface area contributed by atoms with E-state index in [2.05, 4.69) is 20.2 Å². The average Bonchev–Trinajstić information content (AvgIpc) is 3.25. The summed E-state index contributed by atoms with van der Waals surface area (Å²) in [5, 5.41) is 8.40. The van der Waals surface area contributed by atoms with E-state index in [1.54, 1.807) is 12.4 Å². The van der Waals surface area contributed by atoms with Crippen LogP contribution in [-0.2, 0) is 12.7 Å². The van der Waals surface area contributed by atoms with E-state index in [1.165, 1.54) is 12.1 Å². The van der Waals surface area contributed by atoms with Crippen molar-refractivity contribution in [2.75, 3.05) is 23.3 Å². The highest BCUT2D eigenvalue weighted by atomic mass is 19.4. The second-order valence-corrected chi connectivity index (χ2v) is 10.4. The van der Waals surface area contributed by atoms with Crippen molar-refractivity contribution >= 4 is 11.8 Å². The Balaban J connectivity index is 1.22. The molecular weight excluding hydrogens is 467 g/mol. The lowest BCUT2D eigenvalue weighted by Gasteiger charge is -2.38. The summed E-state index contributed by atoms with van der Waals surface area (Å²) in [4.78, 5) is 15.9. The summed E-state index contributed by atoms with van der Waals surface area (Å²) in [6.07, 6.45) is 2.18. The molecule has 190 valence electrons. The lowest BCUT2D eigenvalue weighted by atomic mass is 9.92. The van der Waals surface area contributed by atoms with Crippen LogP contribution in [0, 0.1) is 18.8 Å². The molecule has 0 radical (unpaired) electrons. The summed E-state index contributed by atoms with van der Waals surface area (Å²) in [5.41, 5.74) is 1.00. The molecule has 1 N–H and O–H groups in total. The lowest BCUT2D eigenvalue weighted by Crippen LogP contribution is -2.48. The van der Waals surface area contributed by atoms with Crippen LogP contribution in [0.5, 0.6) is 0 Å². The molecule has 4 atom stereocenters. The van der Waals surface area contributed by atoms with Crippen LogP contribution >= 0.6 is 0 Å². The summed E-state index contributed by atoms with van der Waals surface area (Å²) in [6.45, 7) is 4.56. The van der Waals surface area contributed by atoms with Crippen molar-refractivity contribution in [2.45, 2.75) is 63.7 Å². The van der Waals surface area contributed by atoms with Gasteiger partial charge in [-0.15, -0.1) is 5.10 Å². The van der Waals surface area contributed by atoms with E-state index in [0.29, 0.717) is 23.3 Å². The van der Waals surface area contributed by atoms with E-state index < -0.39 is 11.7 Å². The molecule has 36 heavy (non-hydrogen) atoms. The van der Waals surface area contributed by atoms with Crippen LogP contribution in [0.25, 0.3) is 0 Å². The molecule has 6 rings (SSSR count).